The fraction of sp³-hybridized carbons (Fsp3) is 0.417. The quantitative estimate of drug-likeness (QED) is 0.736. The number of likely N-dealkylation sites (tertiary alicyclic amines) is 1. The molecule has 3 rings (SSSR count). The maximum absolute atomic E-state index is 12.8. The van der Waals surface area contributed by atoms with Crippen molar-refractivity contribution in [2.45, 2.75) is 44.6 Å². The van der Waals surface area contributed by atoms with E-state index in [9.17, 15) is 14.7 Å². The van der Waals surface area contributed by atoms with Crippen LogP contribution < -0.4 is 4.90 Å². The Kier molecular flexibility index (Phi) is 7.04. The van der Waals surface area contributed by atoms with Gasteiger partial charge in [0.25, 0.3) is 0 Å². The fourth-order valence-electron chi connectivity index (χ4n) is 4.20. The van der Waals surface area contributed by atoms with Crippen LogP contribution in [-0.4, -0.2) is 47.1 Å². The molecule has 29 heavy (non-hydrogen) atoms. The molecule has 2 aromatic rings. The lowest BCUT2D eigenvalue weighted by Gasteiger charge is -2.46. The van der Waals surface area contributed by atoms with Crippen molar-refractivity contribution in [3.05, 3.63) is 66.2 Å². The summed E-state index contributed by atoms with van der Waals surface area (Å²) in [5.74, 6) is -1.05. The van der Waals surface area contributed by atoms with Crippen molar-refractivity contribution in [3.8, 4) is 0 Å². The Morgan fingerprint density at radius 3 is 2.14 bits per heavy atom. The van der Waals surface area contributed by atoms with Gasteiger partial charge in [0.15, 0.2) is 0 Å². The molecular weight excluding hydrogens is 364 g/mol. The van der Waals surface area contributed by atoms with Gasteiger partial charge in [0.2, 0.25) is 5.91 Å². The highest BCUT2D eigenvalue weighted by Crippen LogP contribution is 2.34. The van der Waals surface area contributed by atoms with Crippen LogP contribution in [0.15, 0.2) is 60.7 Å². The first-order valence-electron chi connectivity index (χ1n) is 10.4. The fourth-order valence-corrected chi connectivity index (χ4v) is 4.20. The number of amides is 1. The highest BCUT2D eigenvalue weighted by Gasteiger charge is 2.48. The summed E-state index contributed by atoms with van der Waals surface area (Å²) in [4.78, 5) is 29.0. The minimum absolute atomic E-state index is 0.142. The normalized spacial score (nSPS) is 16.3. The van der Waals surface area contributed by atoms with Gasteiger partial charge >= 0.3 is 5.97 Å². The Morgan fingerprint density at radius 1 is 1.00 bits per heavy atom. The summed E-state index contributed by atoms with van der Waals surface area (Å²) in [6, 6.07) is 19.6. The number of aryl methyl sites for hydroxylation is 1. The van der Waals surface area contributed by atoms with E-state index in [1.54, 1.807) is 6.92 Å². The summed E-state index contributed by atoms with van der Waals surface area (Å²) in [5.41, 5.74) is 0.817. The van der Waals surface area contributed by atoms with Crippen LogP contribution in [0, 0.1) is 0 Å². The van der Waals surface area contributed by atoms with E-state index in [4.69, 9.17) is 0 Å². The van der Waals surface area contributed by atoms with Crippen LogP contribution in [0.4, 0.5) is 5.69 Å². The largest absolute Gasteiger partial charge is 0.479 e. The van der Waals surface area contributed by atoms with Crippen LogP contribution in [0.2, 0.25) is 0 Å². The molecule has 0 unspecified atom stereocenters. The molecule has 0 radical (unpaired) electrons. The summed E-state index contributed by atoms with van der Waals surface area (Å²) in [7, 11) is 0. The molecule has 154 valence electrons. The molecule has 1 amide bonds. The van der Waals surface area contributed by atoms with Crippen LogP contribution in [0.25, 0.3) is 0 Å². The molecule has 1 fully saturated rings. The highest BCUT2D eigenvalue weighted by molar-refractivity contribution is 6.01. The van der Waals surface area contributed by atoms with E-state index in [1.165, 1.54) is 10.5 Å². The van der Waals surface area contributed by atoms with E-state index in [0.29, 0.717) is 31.6 Å². The Balaban J connectivity index is 1.68. The number of carboxylic acid groups (broad SMARTS) is 1. The molecule has 0 spiro atoms. The number of para-hydroxylation sites is 1. The van der Waals surface area contributed by atoms with Gasteiger partial charge in [-0.1, -0.05) is 55.5 Å². The smallest absolute Gasteiger partial charge is 0.330 e. The zero-order valence-electron chi connectivity index (χ0n) is 17.1. The summed E-state index contributed by atoms with van der Waals surface area (Å²) >= 11 is 0. The van der Waals surface area contributed by atoms with Gasteiger partial charge < -0.3 is 10.0 Å². The van der Waals surface area contributed by atoms with Crippen molar-refractivity contribution in [2.75, 3.05) is 24.5 Å². The number of carbonyl (C=O) groups is 2. The third-order valence-electron chi connectivity index (χ3n) is 5.86. The Bertz CT molecular complexity index is 799. The molecule has 0 aromatic heterocycles. The highest BCUT2D eigenvalue weighted by atomic mass is 16.4. The number of aliphatic carboxylic acids is 1. The monoisotopic (exact) mass is 394 g/mol. The van der Waals surface area contributed by atoms with Gasteiger partial charge in [-0.3, -0.25) is 9.69 Å². The summed E-state index contributed by atoms with van der Waals surface area (Å²) in [5, 5.41) is 10.2. The van der Waals surface area contributed by atoms with Crippen molar-refractivity contribution < 1.29 is 14.7 Å². The van der Waals surface area contributed by atoms with Crippen molar-refractivity contribution in [2.24, 2.45) is 0 Å². The predicted molar refractivity (Wildman–Crippen MR) is 115 cm³/mol. The van der Waals surface area contributed by atoms with Crippen LogP contribution in [0.1, 0.15) is 38.2 Å². The molecule has 5 nitrogen and oxygen atoms in total. The van der Waals surface area contributed by atoms with Gasteiger partial charge in [-0.2, -0.15) is 0 Å². The predicted octanol–water partition coefficient (Wildman–Crippen LogP) is 3.98. The topological polar surface area (TPSA) is 60.9 Å². The number of anilines is 1. The molecule has 0 saturated carbocycles. The van der Waals surface area contributed by atoms with E-state index in [1.807, 2.05) is 36.4 Å². The molecular formula is C24H30N2O3. The molecule has 1 aliphatic heterocycles. The van der Waals surface area contributed by atoms with Crippen molar-refractivity contribution in [1.82, 2.24) is 4.90 Å². The SMILES string of the molecule is CCC(=O)N(c1ccccc1)C1(C(=O)O)CCN(CCCc2ccccc2)CC1. The van der Waals surface area contributed by atoms with Gasteiger partial charge in [-0.25, -0.2) is 4.79 Å². The molecule has 1 heterocycles. The molecule has 1 aliphatic rings. The Morgan fingerprint density at radius 2 is 1.59 bits per heavy atom. The first kappa shape index (κ1) is 21.1. The van der Waals surface area contributed by atoms with Crippen LogP contribution in [0.3, 0.4) is 0 Å². The van der Waals surface area contributed by atoms with Crippen LogP contribution in [0.5, 0.6) is 0 Å². The molecule has 1 saturated heterocycles. The minimum atomic E-state index is -1.18. The van der Waals surface area contributed by atoms with E-state index < -0.39 is 11.5 Å². The first-order valence-corrected chi connectivity index (χ1v) is 10.4. The number of carbonyl (C=O) groups excluding carboxylic acids is 1. The molecule has 0 bridgehead atoms. The zero-order chi connectivity index (χ0) is 20.7. The minimum Gasteiger partial charge on any atom is -0.479 e. The lowest BCUT2D eigenvalue weighted by atomic mass is 9.84. The van der Waals surface area contributed by atoms with Crippen molar-refractivity contribution >= 4 is 17.6 Å². The number of hydrogen-bond acceptors (Lipinski definition) is 3. The summed E-state index contributed by atoms with van der Waals surface area (Å²) in [6.45, 7) is 4.09. The van der Waals surface area contributed by atoms with E-state index in [2.05, 4.69) is 29.2 Å². The van der Waals surface area contributed by atoms with Crippen LogP contribution >= 0.6 is 0 Å². The van der Waals surface area contributed by atoms with Crippen molar-refractivity contribution in [1.29, 1.82) is 0 Å². The maximum Gasteiger partial charge on any atom is 0.330 e. The number of hydrogen-bond donors (Lipinski definition) is 1. The molecule has 0 atom stereocenters. The molecule has 5 heteroatoms. The van der Waals surface area contributed by atoms with Gasteiger partial charge in [0, 0.05) is 25.2 Å². The molecule has 0 aliphatic carbocycles. The van der Waals surface area contributed by atoms with Gasteiger partial charge in [0.05, 0.1) is 0 Å². The molecule has 1 N–H and O–H groups in total. The second-order valence-corrected chi connectivity index (χ2v) is 7.69. The second kappa shape index (κ2) is 9.70. The average molecular weight is 395 g/mol. The number of nitrogens with zero attached hydrogens (tertiary/aromatic N) is 2. The van der Waals surface area contributed by atoms with Gasteiger partial charge in [0.1, 0.15) is 5.54 Å². The Labute approximate surface area is 172 Å². The van der Waals surface area contributed by atoms with E-state index >= 15 is 0 Å². The third kappa shape index (κ3) is 4.85. The van der Waals surface area contributed by atoms with Gasteiger partial charge in [-0.15, -0.1) is 0 Å². The summed E-state index contributed by atoms with van der Waals surface area (Å²) < 4.78 is 0. The van der Waals surface area contributed by atoms with Crippen molar-refractivity contribution in [3.63, 3.8) is 0 Å². The van der Waals surface area contributed by atoms with E-state index in [-0.39, 0.29) is 12.3 Å². The number of piperidine rings is 1. The third-order valence-corrected chi connectivity index (χ3v) is 5.86. The first-order chi connectivity index (χ1) is 14.1. The maximum atomic E-state index is 12.8. The number of benzene rings is 2. The zero-order valence-corrected chi connectivity index (χ0v) is 17.1. The number of rotatable bonds is 8. The average Bonchev–Trinajstić information content (AvgIpc) is 2.76. The van der Waals surface area contributed by atoms with E-state index in [0.717, 1.165) is 19.4 Å². The molecule has 2 aromatic carbocycles. The Hall–Kier alpha value is -2.66. The second-order valence-electron chi connectivity index (χ2n) is 7.69. The van der Waals surface area contributed by atoms with Crippen LogP contribution in [-0.2, 0) is 16.0 Å². The van der Waals surface area contributed by atoms with Gasteiger partial charge in [-0.05, 0) is 49.9 Å². The number of carboxylic acids is 1. The standard InChI is InChI=1S/C24H30N2O3/c1-2-22(27)26(21-13-7-4-8-14-21)24(23(28)29)15-18-25(19-16-24)17-9-12-20-10-5-3-6-11-20/h3-8,10-11,13-14H,2,9,12,15-19H2,1H3,(H,28,29). The summed E-state index contributed by atoms with van der Waals surface area (Å²) in [6.07, 6.45) is 3.22. The lowest BCUT2D eigenvalue weighted by Crippen LogP contribution is -2.62. The lowest BCUT2D eigenvalue weighted by molar-refractivity contribution is -0.147.